The van der Waals surface area contributed by atoms with Crippen LogP contribution in [0, 0.1) is 5.92 Å². The van der Waals surface area contributed by atoms with Crippen molar-refractivity contribution < 1.29 is 19.0 Å². The zero-order valence-corrected chi connectivity index (χ0v) is 25.5. The highest BCUT2D eigenvalue weighted by Crippen LogP contribution is 2.38. The summed E-state index contributed by atoms with van der Waals surface area (Å²) in [5, 5.41) is 4.34. The van der Waals surface area contributed by atoms with Crippen molar-refractivity contribution in [3.05, 3.63) is 41.7 Å². The molecule has 1 atom stereocenters. The van der Waals surface area contributed by atoms with Crippen LogP contribution in [0.4, 0.5) is 10.5 Å². The van der Waals surface area contributed by atoms with Crippen molar-refractivity contribution >= 4 is 29.0 Å². The van der Waals surface area contributed by atoms with Crippen LogP contribution in [-0.4, -0.2) is 79.0 Å². The fourth-order valence-corrected chi connectivity index (χ4v) is 5.96. The first-order chi connectivity index (χ1) is 19.6. The van der Waals surface area contributed by atoms with E-state index in [2.05, 4.69) is 28.5 Å². The third-order valence-corrected chi connectivity index (χ3v) is 8.24. The first-order valence-corrected chi connectivity index (χ1v) is 14.9. The van der Waals surface area contributed by atoms with Gasteiger partial charge in [0, 0.05) is 68.0 Å². The van der Waals surface area contributed by atoms with Gasteiger partial charge in [0.2, 0.25) is 0 Å². The van der Waals surface area contributed by atoms with E-state index in [9.17, 15) is 4.79 Å². The number of methoxy groups -OCH3 is 2. The van der Waals surface area contributed by atoms with Crippen LogP contribution in [0.25, 0.3) is 16.9 Å². The molecule has 3 aromatic rings. The Morgan fingerprint density at radius 1 is 1.07 bits per heavy atom. The van der Waals surface area contributed by atoms with Gasteiger partial charge in [0.05, 0.1) is 24.9 Å². The van der Waals surface area contributed by atoms with Gasteiger partial charge in [-0.05, 0) is 71.0 Å². The molecule has 5 rings (SSSR count). The third-order valence-electron chi connectivity index (χ3n) is 7.94. The minimum Gasteiger partial charge on any atom is -0.496 e. The lowest BCUT2D eigenvalue weighted by atomic mass is 9.96. The summed E-state index contributed by atoms with van der Waals surface area (Å²) in [5.41, 5.74) is 3.21. The molecule has 41 heavy (non-hydrogen) atoms. The van der Waals surface area contributed by atoms with Gasteiger partial charge < -0.3 is 33.7 Å². The van der Waals surface area contributed by atoms with Gasteiger partial charge in [0.25, 0.3) is 0 Å². The number of anilines is 1. The van der Waals surface area contributed by atoms with Crippen molar-refractivity contribution in [1.82, 2.24) is 19.6 Å². The van der Waals surface area contributed by atoms with Crippen LogP contribution in [0.15, 0.2) is 36.7 Å². The molecule has 4 heterocycles. The molecule has 2 saturated heterocycles. The van der Waals surface area contributed by atoms with E-state index in [1.54, 1.807) is 20.3 Å². The lowest BCUT2D eigenvalue weighted by Crippen LogP contribution is -2.48. The van der Waals surface area contributed by atoms with Gasteiger partial charge in [-0.3, -0.25) is 0 Å². The average Bonchev–Trinajstić information content (AvgIpc) is 3.39. The summed E-state index contributed by atoms with van der Waals surface area (Å²) in [5.74, 6) is 1.81. The Morgan fingerprint density at radius 3 is 2.54 bits per heavy atom. The molecular weight excluding hydrogens is 542 g/mol. The molecule has 2 aliphatic heterocycles. The number of nitrogens with one attached hydrogen (secondary N) is 1. The molecule has 9 nitrogen and oxygen atoms in total. The van der Waals surface area contributed by atoms with E-state index in [0.717, 1.165) is 68.9 Å². The summed E-state index contributed by atoms with van der Waals surface area (Å²) in [7, 11) is 3.22. The normalized spacial score (nSPS) is 18.5. The number of fused-ring (bicyclic) bond motifs is 1. The molecule has 1 aromatic carbocycles. The number of hydrogen-bond acceptors (Lipinski definition) is 7. The Hall–Kier alpha value is -3.17. The van der Waals surface area contributed by atoms with Gasteiger partial charge in [-0.1, -0.05) is 11.6 Å². The Bertz CT molecular complexity index is 1360. The van der Waals surface area contributed by atoms with Crippen LogP contribution >= 0.6 is 11.6 Å². The average molecular weight is 584 g/mol. The number of likely N-dealkylation sites (tertiary alicyclic amines) is 1. The molecule has 1 amide bonds. The molecule has 2 aliphatic rings. The highest BCUT2D eigenvalue weighted by atomic mass is 35.5. The Kier molecular flexibility index (Phi) is 8.85. The summed E-state index contributed by atoms with van der Waals surface area (Å²) >= 11 is 6.41. The second-order valence-electron chi connectivity index (χ2n) is 12.1. The summed E-state index contributed by atoms with van der Waals surface area (Å²) in [4.78, 5) is 21.6. The largest absolute Gasteiger partial charge is 0.496 e. The summed E-state index contributed by atoms with van der Waals surface area (Å²) in [6.07, 6.45) is 8.18. The first kappa shape index (κ1) is 29.3. The molecule has 10 heteroatoms. The standard InChI is InChI=1S/C31H42ClN5O4/c1-31(2,3)41-30(38)35-12-8-21(9-13-35)18-33-22-7-6-11-36(19-22)23-10-14-37-20-26(34-29(37)15-23)24-16-25(32)28(40-5)17-27(24)39-4/h10,14-17,20-22,33H,6-9,11-13,18-19H2,1-5H3/t22-/m0/s1. The van der Waals surface area contributed by atoms with Gasteiger partial charge in [0.15, 0.2) is 0 Å². The lowest BCUT2D eigenvalue weighted by molar-refractivity contribution is 0.0183. The van der Waals surface area contributed by atoms with Crippen LogP contribution in [0.3, 0.4) is 0 Å². The van der Waals surface area contributed by atoms with Crippen LogP contribution < -0.4 is 19.7 Å². The van der Waals surface area contributed by atoms with Crippen LogP contribution in [-0.2, 0) is 4.74 Å². The molecule has 0 spiro atoms. The van der Waals surface area contributed by atoms with Crippen molar-refractivity contribution in [2.24, 2.45) is 5.92 Å². The van der Waals surface area contributed by atoms with Crippen molar-refractivity contribution in [2.75, 3.05) is 51.8 Å². The summed E-state index contributed by atoms with van der Waals surface area (Å²) < 4.78 is 18.5. The second-order valence-corrected chi connectivity index (χ2v) is 12.5. The number of rotatable bonds is 7. The number of halogens is 1. The van der Waals surface area contributed by atoms with Crippen molar-refractivity contribution in [2.45, 2.75) is 58.1 Å². The van der Waals surface area contributed by atoms with Gasteiger partial charge >= 0.3 is 6.09 Å². The number of carbonyl (C=O) groups excluding carboxylic acids is 1. The molecule has 0 radical (unpaired) electrons. The predicted octanol–water partition coefficient (Wildman–Crippen LogP) is 5.88. The summed E-state index contributed by atoms with van der Waals surface area (Å²) in [6, 6.07) is 8.37. The number of imidazole rings is 1. The number of pyridine rings is 1. The van der Waals surface area contributed by atoms with Crippen molar-refractivity contribution in [1.29, 1.82) is 0 Å². The smallest absolute Gasteiger partial charge is 0.410 e. The number of benzene rings is 1. The first-order valence-electron chi connectivity index (χ1n) is 14.5. The van der Waals surface area contributed by atoms with Crippen LogP contribution in [0.5, 0.6) is 11.5 Å². The van der Waals surface area contributed by atoms with Crippen molar-refractivity contribution in [3.8, 4) is 22.8 Å². The number of nitrogens with zero attached hydrogens (tertiary/aromatic N) is 4. The van der Waals surface area contributed by atoms with Gasteiger partial charge in [-0.25, -0.2) is 9.78 Å². The fraction of sp³-hybridized carbons (Fsp3) is 0.548. The number of amides is 1. The van der Waals surface area contributed by atoms with E-state index in [-0.39, 0.29) is 6.09 Å². The quantitative estimate of drug-likeness (QED) is 0.372. The number of carbonyl (C=O) groups is 1. The van der Waals surface area contributed by atoms with Crippen LogP contribution in [0.2, 0.25) is 5.02 Å². The Balaban J connectivity index is 1.19. The lowest BCUT2D eigenvalue weighted by Gasteiger charge is -2.37. The maximum absolute atomic E-state index is 12.4. The van der Waals surface area contributed by atoms with E-state index in [0.29, 0.717) is 28.5 Å². The van der Waals surface area contributed by atoms with E-state index in [1.165, 1.54) is 12.1 Å². The van der Waals surface area contributed by atoms with Crippen molar-refractivity contribution in [3.63, 3.8) is 0 Å². The van der Waals surface area contributed by atoms with E-state index in [4.69, 9.17) is 30.8 Å². The van der Waals surface area contributed by atoms with Gasteiger partial charge in [0.1, 0.15) is 22.7 Å². The molecule has 2 fully saturated rings. The number of aromatic nitrogens is 2. The molecule has 2 aromatic heterocycles. The SMILES string of the molecule is COc1cc(OC)c(-c2cn3ccc(N4CCC[C@H](NCC5CCN(C(=O)OC(C)(C)C)CC5)C4)cc3n2)cc1Cl. The van der Waals surface area contributed by atoms with E-state index in [1.807, 2.05) is 42.3 Å². The molecule has 0 saturated carbocycles. The highest BCUT2D eigenvalue weighted by Gasteiger charge is 2.28. The second kappa shape index (κ2) is 12.4. The number of hydrogen-bond donors (Lipinski definition) is 1. The minimum absolute atomic E-state index is 0.194. The maximum atomic E-state index is 12.4. The van der Waals surface area contributed by atoms with Crippen LogP contribution in [0.1, 0.15) is 46.5 Å². The van der Waals surface area contributed by atoms with E-state index < -0.39 is 5.60 Å². The number of ether oxygens (including phenoxy) is 3. The highest BCUT2D eigenvalue weighted by molar-refractivity contribution is 6.32. The van der Waals surface area contributed by atoms with E-state index >= 15 is 0 Å². The monoisotopic (exact) mass is 583 g/mol. The zero-order valence-electron chi connectivity index (χ0n) is 24.8. The molecular formula is C31H42ClN5O4. The molecule has 1 N–H and O–H groups in total. The predicted molar refractivity (Wildman–Crippen MR) is 163 cm³/mol. The molecule has 0 bridgehead atoms. The van der Waals surface area contributed by atoms with Gasteiger partial charge in [-0.15, -0.1) is 0 Å². The number of piperidine rings is 2. The Morgan fingerprint density at radius 2 is 1.83 bits per heavy atom. The summed E-state index contributed by atoms with van der Waals surface area (Å²) in [6.45, 7) is 10.2. The molecule has 222 valence electrons. The zero-order chi connectivity index (χ0) is 29.1. The third kappa shape index (κ3) is 7.01. The fourth-order valence-electron chi connectivity index (χ4n) is 5.72. The topological polar surface area (TPSA) is 80.6 Å². The maximum Gasteiger partial charge on any atom is 0.410 e. The molecule has 0 aliphatic carbocycles. The van der Waals surface area contributed by atoms with Gasteiger partial charge in [-0.2, -0.15) is 0 Å². The Labute approximate surface area is 247 Å². The minimum atomic E-state index is -0.453. The molecule has 0 unspecified atom stereocenters.